The Hall–Kier alpha value is -1.52. The molecule has 0 radical (unpaired) electrons. The highest BCUT2D eigenvalue weighted by atomic mass is 79.9. The number of ether oxygens (including phenoxy) is 1. The summed E-state index contributed by atoms with van der Waals surface area (Å²) in [4.78, 5) is 2.54. The van der Waals surface area contributed by atoms with Crippen molar-refractivity contribution in [2.24, 2.45) is 5.92 Å². The second-order valence-corrected chi connectivity index (χ2v) is 7.02. The van der Waals surface area contributed by atoms with Crippen molar-refractivity contribution in [2.75, 3.05) is 13.1 Å². The molecule has 0 bridgehead atoms. The molecule has 3 aliphatic rings. The van der Waals surface area contributed by atoms with Crippen LogP contribution in [-0.2, 0) is 11.3 Å². The van der Waals surface area contributed by atoms with E-state index in [2.05, 4.69) is 74.8 Å². The van der Waals surface area contributed by atoms with E-state index in [0.29, 0.717) is 12.0 Å². The van der Waals surface area contributed by atoms with E-state index in [-0.39, 0.29) is 0 Å². The van der Waals surface area contributed by atoms with Crippen LogP contribution >= 0.6 is 15.9 Å². The van der Waals surface area contributed by atoms with Gasteiger partial charge in [-0.15, -0.1) is 0 Å². The van der Waals surface area contributed by atoms with Gasteiger partial charge in [-0.05, 0) is 28.6 Å². The van der Waals surface area contributed by atoms with Crippen LogP contribution in [0.15, 0.2) is 64.7 Å². The van der Waals surface area contributed by atoms with Crippen LogP contribution in [0.2, 0.25) is 0 Å². The number of halogens is 1. The lowest BCUT2D eigenvalue weighted by Gasteiger charge is -2.31. The van der Waals surface area contributed by atoms with Crippen LogP contribution in [0.25, 0.3) is 0 Å². The molecule has 2 heterocycles. The van der Waals surface area contributed by atoms with E-state index in [9.17, 15) is 0 Å². The van der Waals surface area contributed by atoms with Gasteiger partial charge < -0.3 is 10.1 Å². The normalized spacial score (nSPS) is 27.4. The SMILES string of the molecule is BrC1=CC=C2OC3=CNCCN(Cc4ccccc4)C3C2C1. The van der Waals surface area contributed by atoms with Gasteiger partial charge in [0.1, 0.15) is 11.5 Å². The van der Waals surface area contributed by atoms with E-state index in [1.54, 1.807) is 0 Å². The van der Waals surface area contributed by atoms with Crippen LogP contribution in [0.3, 0.4) is 0 Å². The number of rotatable bonds is 2. The molecule has 1 aliphatic carbocycles. The van der Waals surface area contributed by atoms with Gasteiger partial charge >= 0.3 is 0 Å². The summed E-state index contributed by atoms with van der Waals surface area (Å²) in [5.41, 5.74) is 1.35. The van der Waals surface area contributed by atoms with Gasteiger partial charge in [0.2, 0.25) is 0 Å². The van der Waals surface area contributed by atoms with Gasteiger partial charge in [-0.25, -0.2) is 0 Å². The van der Waals surface area contributed by atoms with E-state index in [0.717, 1.165) is 37.6 Å². The average molecular weight is 359 g/mol. The molecule has 0 amide bonds. The molecule has 0 spiro atoms. The summed E-state index contributed by atoms with van der Waals surface area (Å²) in [6.45, 7) is 2.94. The Kier molecular flexibility index (Phi) is 3.80. The Bertz CT molecular complexity index is 650. The maximum absolute atomic E-state index is 6.12. The molecule has 1 aromatic carbocycles. The second-order valence-electron chi connectivity index (χ2n) is 6.00. The van der Waals surface area contributed by atoms with E-state index >= 15 is 0 Å². The summed E-state index contributed by atoms with van der Waals surface area (Å²) in [7, 11) is 0. The first-order valence-corrected chi connectivity index (χ1v) is 8.56. The van der Waals surface area contributed by atoms with E-state index in [1.807, 2.05) is 0 Å². The number of hydrogen-bond acceptors (Lipinski definition) is 3. The Morgan fingerprint density at radius 3 is 2.91 bits per heavy atom. The van der Waals surface area contributed by atoms with Gasteiger partial charge in [-0.2, -0.15) is 0 Å². The number of nitrogens with zero attached hydrogens (tertiary/aromatic N) is 1. The lowest BCUT2D eigenvalue weighted by molar-refractivity contribution is 0.186. The number of fused-ring (bicyclic) bond motifs is 3. The summed E-state index contributed by atoms with van der Waals surface area (Å²) >= 11 is 3.65. The molecule has 2 atom stereocenters. The molecule has 4 rings (SSSR count). The number of benzene rings is 1. The molecule has 0 aromatic heterocycles. The number of nitrogens with one attached hydrogen (secondary N) is 1. The summed E-state index contributed by atoms with van der Waals surface area (Å²) in [5, 5.41) is 3.37. The molecule has 3 nitrogen and oxygen atoms in total. The highest BCUT2D eigenvalue weighted by molar-refractivity contribution is 9.11. The molecule has 22 heavy (non-hydrogen) atoms. The topological polar surface area (TPSA) is 24.5 Å². The van der Waals surface area contributed by atoms with E-state index < -0.39 is 0 Å². The zero-order valence-corrected chi connectivity index (χ0v) is 13.9. The Morgan fingerprint density at radius 1 is 1.18 bits per heavy atom. The minimum Gasteiger partial charge on any atom is -0.462 e. The summed E-state index contributed by atoms with van der Waals surface area (Å²) in [5.74, 6) is 2.57. The quantitative estimate of drug-likeness (QED) is 0.875. The van der Waals surface area contributed by atoms with Crippen molar-refractivity contribution in [3.05, 3.63) is 70.2 Å². The summed E-state index contributed by atoms with van der Waals surface area (Å²) in [6, 6.07) is 11.0. The Labute approximate surface area is 139 Å². The lowest BCUT2D eigenvalue weighted by atomic mass is 9.91. The zero-order chi connectivity index (χ0) is 14.9. The van der Waals surface area contributed by atoms with Crippen LogP contribution in [0, 0.1) is 5.92 Å². The van der Waals surface area contributed by atoms with Crippen molar-refractivity contribution in [3.63, 3.8) is 0 Å². The molecular formula is C18H19BrN2O. The van der Waals surface area contributed by atoms with Crippen LogP contribution in [0.1, 0.15) is 12.0 Å². The minimum atomic E-state index is 0.322. The Morgan fingerprint density at radius 2 is 2.05 bits per heavy atom. The van der Waals surface area contributed by atoms with Crippen molar-refractivity contribution >= 4 is 15.9 Å². The molecule has 4 heteroatoms. The highest BCUT2D eigenvalue weighted by Crippen LogP contribution is 2.43. The van der Waals surface area contributed by atoms with Gasteiger partial charge in [0, 0.05) is 31.8 Å². The molecule has 1 saturated heterocycles. The summed E-state index contributed by atoms with van der Waals surface area (Å²) < 4.78 is 7.37. The van der Waals surface area contributed by atoms with Crippen molar-refractivity contribution in [3.8, 4) is 0 Å². The third-order valence-electron chi connectivity index (χ3n) is 4.53. The standard InChI is InChI=1S/C18H19BrN2O/c19-14-6-7-16-15(10-14)18-17(22-16)11-20-8-9-21(18)12-13-4-2-1-3-5-13/h1-7,11,15,18,20H,8-10,12H2. The average Bonchev–Trinajstić information content (AvgIpc) is 2.77. The maximum Gasteiger partial charge on any atom is 0.137 e. The van der Waals surface area contributed by atoms with Crippen LogP contribution in [-0.4, -0.2) is 24.0 Å². The van der Waals surface area contributed by atoms with E-state index in [4.69, 9.17) is 4.74 Å². The van der Waals surface area contributed by atoms with Crippen LogP contribution in [0.5, 0.6) is 0 Å². The largest absolute Gasteiger partial charge is 0.462 e. The van der Waals surface area contributed by atoms with Crippen molar-refractivity contribution < 1.29 is 4.74 Å². The third kappa shape index (κ3) is 2.61. The summed E-state index contributed by atoms with van der Waals surface area (Å²) in [6.07, 6.45) is 7.28. The molecular weight excluding hydrogens is 340 g/mol. The first-order valence-electron chi connectivity index (χ1n) is 7.77. The van der Waals surface area contributed by atoms with Gasteiger partial charge in [-0.3, -0.25) is 4.90 Å². The first kappa shape index (κ1) is 14.1. The first-order chi connectivity index (χ1) is 10.8. The van der Waals surface area contributed by atoms with Crippen molar-refractivity contribution in [1.82, 2.24) is 10.2 Å². The molecule has 1 N–H and O–H groups in total. The van der Waals surface area contributed by atoms with Crippen molar-refractivity contribution in [1.29, 1.82) is 0 Å². The molecule has 1 aromatic rings. The molecule has 1 fully saturated rings. The van der Waals surface area contributed by atoms with Crippen molar-refractivity contribution in [2.45, 2.75) is 19.0 Å². The van der Waals surface area contributed by atoms with E-state index in [1.165, 1.54) is 10.0 Å². The van der Waals surface area contributed by atoms with Gasteiger partial charge in [0.05, 0.1) is 6.04 Å². The van der Waals surface area contributed by atoms with Gasteiger partial charge in [0.25, 0.3) is 0 Å². The van der Waals surface area contributed by atoms with Gasteiger partial charge in [0.15, 0.2) is 0 Å². The fraction of sp³-hybridized carbons (Fsp3) is 0.333. The zero-order valence-electron chi connectivity index (χ0n) is 12.3. The minimum absolute atomic E-state index is 0.322. The van der Waals surface area contributed by atoms with Gasteiger partial charge in [-0.1, -0.05) is 46.3 Å². The molecule has 114 valence electrons. The van der Waals surface area contributed by atoms with Crippen LogP contribution in [0.4, 0.5) is 0 Å². The third-order valence-corrected chi connectivity index (χ3v) is 5.11. The lowest BCUT2D eigenvalue weighted by Crippen LogP contribution is -2.40. The number of allylic oxidation sites excluding steroid dienone is 3. The monoisotopic (exact) mass is 358 g/mol. The second kappa shape index (κ2) is 5.94. The predicted octanol–water partition coefficient (Wildman–Crippen LogP) is 3.51. The molecule has 2 aliphatic heterocycles. The Balaban J connectivity index is 1.63. The number of hydrogen-bond donors (Lipinski definition) is 1. The maximum atomic E-state index is 6.12. The molecule has 2 unspecified atom stereocenters. The molecule has 0 saturated carbocycles. The smallest absolute Gasteiger partial charge is 0.137 e. The highest BCUT2D eigenvalue weighted by Gasteiger charge is 2.43. The fourth-order valence-electron chi connectivity index (χ4n) is 3.51. The predicted molar refractivity (Wildman–Crippen MR) is 91.0 cm³/mol. The fourth-order valence-corrected chi connectivity index (χ4v) is 3.99. The van der Waals surface area contributed by atoms with Crippen LogP contribution < -0.4 is 5.32 Å².